The minimum Gasteiger partial charge on any atom is -0.373 e. The van der Waals surface area contributed by atoms with Crippen molar-refractivity contribution in [3.05, 3.63) is 69.0 Å². The van der Waals surface area contributed by atoms with E-state index in [1.807, 2.05) is 6.07 Å². The Labute approximate surface area is 132 Å². The molecule has 0 bridgehead atoms. The molecule has 6 heteroatoms. The van der Waals surface area contributed by atoms with E-state index in [0.717, 1.165) is 30.4 Å². The second kappa shape index (κ2) is 6.05. The van der Waals surface area contributed by atoms with E-state index >= 15 is 0 Å². The minimum atomic E-state index is -0.515. The van der Waals surface area contributed by atoms with Crippen LogP contribution in [0.1, 0.15) is 35.6 Å². The molecule has 1 atom stereocenters. The topological polar surface area (TPSA) is 79.0 Å². The summed E-state index contributed by atoms with van der Waals surface area (Å²) >= 11 is 0. The van der Waals surface area contributed by atoms with Crippen LogP contribution in [0.25, 0.3) is 0 Å². The van der Waals surface area contributed by atoms with Gasteiger partial charge in [-0.05, 0) is 54.7 Å². The maximum atomic E-state index is 13.5. The summed E-state index contributed by atoms with van der Waals surface area (Å²) in [6.07, 6.45) is 2.58. The third-order valence-electron chi connectivity index (χ3n) is 4.08. The van der Waals surface area contributed by atoms with Crippen molar-refractivity contribution in [2.45, 2.75) is 25.3 Å². The molecule has 0 heterocycles. The Bertz CT molecular complexity index is 814. The first-order chi connectivity index (χ1) is 11.1. The molecule has 1 aliphatic carbocycles. The van der Waals surface area contributed by atoms with Crippen LogP contribution in [0.3, 0.4) is 0 Å². The largest absolute Gasteiger partial charge is 0.373 e. The summed E-state index contributed by atoms with van der Waals surface area (Å²) in [6, 6.07) is 10.7. The van der Waals surface area contributed by atoms with Crippen LogP contribution in [-0.2, 0) is 6.42 Å². The summed E-state index contributed by atoms with van der Waals surface area (Å²) in [6.45, 7) is 0. The van der Waals surface area contributed by atoms with Gasteiger partial charge in [0.25, 0.3) is 5.69 Å². The predicted molar refractivity (Wildman–Crippen MR) is 83.5 cm³/mol. The summed E-state index contributed by atoms with van der Waals surface area (Å²) < 4.78 is 13.5. The van der Waals surface area contributed by atoms with Gasteiger partial charge in [-0.25, -0.2) is 4.39 Å². The van der Waals surface area contributed by atoms with Crippen molar-refractivity contribution in [3.8, 4) is 6.07 Å². The number of aryl methyl sites for hydroxylation is 1. The Balaban J connectivity index is 1.97. The molecule has 23 heavy (non-hydrogen) atoms. The van der Waals surface area contributed by atoms with E-state index in [0.29, 0.717) is 5.69 Å². The van der Waals surface area contributed by atoms with Gasteiger partial charge >= 0.3 is 0 Å². The number of nitrogens with one attached hydrogen (secondary N) is 1. The number of fused-ring (bicyclic) bond motifs is 1. The standard InChI is InChI=1S/C17H14FN3O2/c18-13-6-5-12-2-1-3-15(14(12)9-13)20-16-7-4-11(10-19)8-17(16)21(22)23/h4-9,15,20H,1-3H2. The Kier molecular flexibility index (Phi) is 3.94. The highest BCUT2D eigenvalue weighted by Crippen LogP contribution is 2.35. The fourth-order valence-corrected chi connectivity index (χ4v) is 2.98. The van der Waals surface area contributed by atoms with Crippen molar-refractivity contribution in [3.63, 3.8) is 0 Å². The van der Waals surface area contributed by atoms with E-state index in [-0.39, 0.29) is 23.1 Å². The maximum absolute atomic E-state index is 13.5. The molecule has 0 aliphatic heterocycles. The fraction of sp³-hybridized carbons (Fsp3) is 0.235. The van der Waals surface area contributed by atoms with Crippen molar-refractivity contribution in [2.75, 3.05) is 5.32 Å². The molecule has 0 aromatic heterocycles. The van der Waals surface area contributed by atoms with Crippen molar-refractivity contribution in [1.82, 2.24) is 0 Å². The molecule has 0 amide bonds. The Morgan fingerprint density at radius 3 is 2.87 bits per heavy atom. The molecule has 2 aromatic carbocycles. The van der Waals surface area contributed by atoms with Gasteiger partial charge in [-0.15, -0.1) is 0 Å². The van der Waals surface area contributed by atoms with Crippen LogP contribution < -0.4 is 5.32 Å². The maximum Gasteiger partial charge on any atom is 0.293 e. The lowest BCUT2D eigenvalue weighted by atomic mass is 9.87. The van der Waals surface area contributed by atoms with Gasteiger partial charge in [-0.2, -0.15) is 5.26 Å². The van der Waals surface area contributed by atoms with E-state index in [9.17, 15) is 14.5 Å². The van der Waals surface area contributed by atoms with E-state index in [2.05, 4.69) is 5.32 Å². The van der Waals surface area contributed by atoms with Crippen LogP contribution in [0, 0.1) is 27.3 Å². The number of nitrogens with zero attached hydrogens (tertiary/aromatic N) is 2. The zero-order valence-electron chi connectivity index (χ0n) is 12.3. The molecule has 0 saturated carbocycles. The van der Waals surface area contributed by atoms with Crippen LogP contribution in [0.5, 0.6) is 0 Å². The molecule has 1 aliphatic rings. The lowest BCUT2D eigenvalue weighted by molar-refractivity contribution is -0.384. The summed E-state index contributed by atoms with van der Waals surface area (Å²) in [7, 11) is 0. The smallest absolute Gasteiger partial charge is 0.293 e. The molecule has 1 unspecified atom stereocenters. The van der Waals surface area contributed by atoms with E-state index < -0.39 is 4.92 Å². The quantitative estimate of drug-likeness (QED) is 0.684. The monoisotopic (exact) mass is 311 g/mol. The van der Waals surface area contributed by atoms with Crippen LogP contribution in [0.15, 0.2) is 36.4 Å². The van der Waals surface area contributed by atoms with Crippen molar-refractivity contribution >= 4 is 11.4 Å². The number of hydrogen-bond donors (Lipinski definition) is 1. The van der Waals surface area contributed by atoms with Crippen LogP contribution >= 0.6 is 0 Å². The molecular formula is C17H14FN3O2. The van der Waals surface area contributed by atoms with Crippen molar-refractivity contribution in [2.24, 2.45) is 0 Å². The van der Waals surface area contributed by atoms with Crippen molar-refractivity contribution < 1.29 is 9.31 Å². The van der Waals surface area contributed by atoms with Gasteiger partial charge in [0.15, 0.2) is 0 Å². The molecule has 1 N–H and O–H groups in total. The zero-order chi connectivity index (χ0) is 16.4. The summed E-state index contributed by atoms with van der Waals surface area (Å²) in [4.78, 5) is 10.7. The van der Waals surface area contributed by atoms with Gasteiger partial charge in [0.1, 0.15) is 11.5 Å². The summed E-state index contributed by atoms with van der Waals surface area (Å²) in [5.41, 5.74) is 2.34. The van der Waals surface area contributed by atoms with E-state index in [1.54, 1.807) is 6.07 Å². The second-order valence-corrected chi connectivity index (χ2v) is 5.53. The average molecular weight is 311 g/mol. The highest BCUT2D eigenvalue weighted by Gasteiger charge is 2.24. The number of nitriles is 1. The number of rotatable bonds is 3. The minimum absolute atomic E-state index is 0.146. The Morgan fingerprint density at radius 1 is 1.30 bits per heavy atom. The van der Waals surface area contributed by atoms with E-state index in [4.69, 9.17) is 5.26 Å². The zero-order valence-corrected chi connectivity index (χ0v) is 12.3. The van der Waals surface area contributed by atoms with E-state index in [1.165, 1.54) is 30.3 Å². The number of nitro benzene ring substituents is 1. The first-order valence-corrected chi connectivity index (χ1v) is 7.32. The first-order valence-electron chi connectivity index (χ1n) is 7.32. The highest BCUT2D eigenvalue weighted by atomic mass is 19.1. The molecule has 3 rings (SSSR count). The Morgan fingerprint density at radius 2 is 2.13 bits per heavy atom. The van der Waals surface area contributed by atoms with Gasteiger partial charge in [-0.1, -0.05) is 6.07 Å². The number of hydrogen-bond acceptors (Lipinski definition) is 4. The molecule has 0 saturated heterocycles. The normalized spacial score (nSPS) is 16.3. The average Bonchev–Trinajstić information content (AvgIpc) is 2.55. The lowest BCUT2D eigenvalue weighted by Crippen LogP contribution is -2.18. The number of benzene rings is 2. The number of anilines is 1. The van der Waals surface area contributed by atoms with Crippen LogP contribution in [0.4, 0.5) is 15.8 Å². The van der Waals surface area contributed by atoms with Crippen LogP contribution in [0.2, 0.25) is 0 Å². The molecule has 0 fully saturated rings. The Hall–Kier alpha value is -2.94. The lowest BCUT2D eigenvalue weighted by Gasteiger charge is -2.27. The molecular weight excluding hydrogens is 297 g/mol. The van der Waals surface area contributed by atoms with Gasteiger partial charge in [-0.3, -0.25) is 10.1 Å². The van der Waals surface area contributed by atoms with Gasteiger partial charge in [0, 0.05) is 6.07 Å². The number of nitro groups is 1. The summed E-state index contributed by atoms with van der Waals surface area (Å²) in [5, 5.41) is 23.3. The van der Waals surface area contributed by atoms with Gasteiger partial charge < -0.3 is 5.32 Å². The summed E-state index contributed by atoms with van der Waals surface area (Å²) in [5.74, 6) is -0.313. The molecule has 5 nitrogen and oxygen atoms in total. The van der Waals surface area contributed by atoms with Gasteiger partial charge in [0.05, 0.1) is 22.6 Å². The SMILES string of the molecule is N#Cc1ccc(NC2CCCc3ccc(F)cc32)c([N+](=O)[O-])c1. The second-order valence-electron chi connectivity index (χ2n) is 5.53. The number of halogens is 1. The molecule has 2 aromatic rings. The van der Waals surface area contributed by atoms with Crippen LogP contribution in [-0.4, -0.2) is 4.92 Å². The highest BCUT2D eigenvalue weighted by molar-refractivity contribution is 5.65. The molecule has 0 radical (unpaired) electrons. The first kappa shape index (κ1) is 15.0. The third kappa shape index (κ3) is 2.99. The van der Waals surface area contributed by atoms with Crippen molar-refractivity contribution in [1.29, 1.82) is 5.26 Å². The predicted octanol–water partition coefficient (Wildman–Crippen LogP) is 4.10. The van der Waals surface area contributed by atoms with Gasteiger partial charge in [0.2, 0.25) is 0 Å². The molecule has 0 spiro atoms. The molecule has 116 valence electrons. The fourth-order valence-electron chi connectivity index (χ4n) is 2.98. The third-order valence-corrected chi connectivity index (χ3v) is 4.08.